The monoisotopic (exact) mass is 324 g/mol. The maximum absolute atomic E-state index is 10.9. The molecule has 0 amide bonds. The van der Waals surface area contributed by atoms with Crippen LogP contribution in [0, 0.1) is 10.1 Å². The summed E-state index contributed by atoms with van der Waals surface area (Å²) >= 11 is 3.42. The van der Waals surface area contributed by atoms with Gasteiger partial charge in [0, 0.05) is 24.4 Å². The molecule has 0 saturated heterocycles. The van der Waals surface area contributed by atoms with E-state index in [9.17, 15) is 10.1 Å². The standard InChI is InChI=1S/C12H13BrN4O2/c1-9(13)11-8-16(15-14-11)7-6-10-4-2-3-5-12(10)17(18)19/h2-5,8-9H,6-7H2,1H3. The third-order valence-electron chi connectivity index (χ3n) is 2.76. The Kier molecular flexibility index (Phi) is 4.26. The number of benzene rings is 1. The third-order valence-corrected chi connectivity index (χ3v) is 3.23. The maximum atomic E-state index is 10.9. The molecule has 0 N–H and O–H groups in total. The van der Waals surface area contributed by atoms with Crippen LogP contribution >= 0.6 is 15.9 Å². The van der Waals surface area contributed by atoms with Crippen molar-refractivity contribution in [2.75, 3.05) is 0 Å². The molecule has 1 aromatic carbocycles. The van der Waals surface area contributed by atoms with Gasteiger partial charge in [-0.3, -0.25) is 14.8 Å². The highest BCUT2D eigenvalue weighted by molar-refractivity contribution is 9.09. The number of nitro benzene ring substituents is 1. The third kappa shape index (κ3) is 3.37. The summed E-state index contributed by atoms with van der Waals surface area (Å²) in [4.78, 5) is 10.7. The molecule has 1 unspecified atom stereocenters. The van der Waals surface area contributed by atoms with Gasteiger partial charge in [0.05, 0.1) is 15.4 Å². The predicted molar refractivity (Wildman–Crippen MR) is 74.2 cm³/mol. The van der Waals surface area contributed by atoms with E-state index in [-0.39, 0.29) is 15.4 Å². The average molecular weight is 325 g/mol. The molecule has 1 aromatic heterocycles. The van der Waals surface area contributed by atoms with Crippen molar-refractivity contribution in [3.63, 3.8) is 0 Å². The number of hydrogen-bond donors (Lipinski definition) is 0. The molecule has 100 valence electrons. The Morgan fingerprint density at radius 1 is 1.47 bits per heavy atom. The molecule has 2 rings (SSSR count). The number of hydrogen-bond acceptors (Lipinski definition) is 4. The second-order valence-corrected chi connectivity index (χ2v) is 5.53. The number of aryl methyl sites for hydroxylation is 2. The lowest BCUT2D eigenvalue weighted by atomic mass is 10.1. The van der Waals surface area contributed by atoms with Crippen molar-refractivity contribution in [3.8, 4) is 0 Å². The van der Waals surface area contributed by atoms with Crippen molar-refractivity contribution in [1.82, 2.24) is 15.0 Å². The van der Waals surface area contributed by atoms with E-state index in [0.29, 0.717) is 18.5 Å². The lowest BCUT2D eigenvalue weighted by Gasteiger charge is -2.02. The molecule has 0 spiro atoms. The molecule has 1 atom stereocenters. The fourth-order valence-electron chi connectivity index (χ4n) is 1.74. The van der Waals surface area contributed by atoms with Crippen LogP contribution in [-0.2, 0) is 13.0 Å². The van der Waals surface area contributed by atoms with Crippen molar-refractivity contribution in [1.29, 1.82) is 0 Å². The van der Waals surface area contributed by atoms with Crippen molar-refractivity contribution >= 4 is 21.6 Å². The number of nitro groups is 1. The topological polar surface area (TPSA) is 73.8 Å². The summed E-state index contributed by atoms with van der Waals surface area (Å²) in [5.74, 6) is 0. The smallest absolute Gasteiger partial charge is 0.258 e. The molecule has 7 heteroatoms. The van der Waals surface area contributed by atoms with Gasteiger partial charge in [-0.2, -0.15) is 0 Å². The molecule has 2 aromatic rings. The molecule has 0 saturated carbocycles. The van der Waals surface area contributed by atoms with E-state index in [1.807, 2.05) is 13.1 Å². The molecule has 19 heavy (non-hydrogen) atoms. The minimum absolute atomic E-state index is 0.146. The van der Waals surface area contributed by atoms with E-state index >= 15 is 0 Å². The molecular weight excluding hydrogens is 312 g/mol. The van der Waals surface area contributed by atoms with E-state index in [4.69, 9.17) is 0 Å². The summed E-state index contributed by atoms with van der Waals surface area (Å²) < 4.78 is 1.70. The van der Waals surface area contributed by atoms with Crippen molar-refractivity contribution in [3.05, 3.63) is 51.8 Å². The number of alkyl halides is 1. The van der Waals surface area contributed by atoms with E-state index in [0.717, 1.165) is 5.69 Å². The van der Waals surface area contributed by atoms with Gasteiger partial charge in [-0.1, -0.05) is 39.3 Å². The molecule has 0 aliphatic heterocycles. The summed E-state index contributed by atoms with van der Waals surface area (Å²) in [6, 6.07) is 6.75. The zero-order chi connectivity index (χ0) is 13.8. The van der Waals surface area contributed by atoms with Crippen LogP contribution in [0.25, 0.3) is 0 Å². The molecule has 0 bridgehead atoms. The van der Waals surface area contributed by atoms with Crippen LogP contribution in [0.4, 0.5) is 5.69 Å². The summed E-state index contributed by atoms with van der Waals surface area (Å²) in [5, 5.41) is 18.9. The molecule has 0 aliphatic rings. The second kappa shape index (κ2) is 5.92. The normalized spacial score (nSPS) is 12.3. The van der Waals surface area contributed by atoms with E-state index in [1.54, 1.807) is 22.9 Å². The average Bonchev–Trinajstić information content (AvgIpc) is 2.85. The fourth-order valence-corrected chi connectivity index (χ4v) is 1.95. The highest BCUT2D eigenvalue weighted by Crippen LogP contribution is 2.20. The molecule has 1 heterocycles. The molecule has 0 aliphatic carbocycles. The quantitative estimate of drug-likeness (QED) is 0.481. The summed E-state index contributed by atoms with van der Waals surface area (Å²) in [5.41, 5.74) is 1.70. The van der Waals surface area contributed by atoms with Gasteiger partial charge >= 0.3 is 0 Å². The number of aromatic nitrogens is 3. The van der Waals surface area contributed by atoms with Crippen molar-refractivity contribution < 1.29 is 4.92 Å². The number of nitrogens with zero attached hydrogens (tertiary/aromatic N) is 4. The van der Waals surface area contributed by atoms with Crippen LogP contribution in [0.15, 0.2) is 30.5 Å². The van der Waals surface area contributed by atoms with Crippen molar-refractivity contribution in [2.24, 2.45) is 0 Å². The SMILES string of the molecule is CC(Br)c1cn(CCc2ccccc2[N+](=O)[O-])nn1. The zero-order valence-corrected chi connectivity index (χ0v) is 11.9. The summed E-state index contributed by atoms with van der Waals surface area (Å²) in [7, 11) is 0. The predicted octanol–water partition coefficient (Wildman–Crippen LogP) is 2.88. The molecular formula is C12H13BrN4O2. The lowest BCUT2D eigenvalue weighted by molar-refractivity contribution is -0.385. The van der Waals surface area contributed by atoms with Gasteiger partial charge in [-0.05, 0) is 13.3 Å². The van der Waals surface area contributed by atoms with E-state index in [1.165, 1.54) is 6.07 Å². The van der Waals surface area contributed by atoms with Crippen LogP contribution in [-0.4, -0.2) is 19.9 Å². The number of halogens is 1. The van der Waals surface area contributed by atoms with E-state index < -0.39 is 0 Å². The van der Waals surface area contributed by atoms with Gasteiger partial charge in [-0.25, -0.2) is 0 Å². The highest BCUT2D eigenvalue weighted by Gasteiger charge is 2.12. The van der Waals surface area contributed by atoms with Gasteiger partial charge < -0.3 is 0 Å². The van der Waals surface area contributed by atoms with Crippen molar-refractivity contribution in [2.45, 2.75) is 24.7 Å². The minimum Gasteiger partial charge on any atom is -0.258 e. The minimum atomic E-state index is -0.358. The van der Waals surface area contributed by atoms with Gasteiger partial charge in [0.25, 0.3) is 5.69 Å². The summed E-state index contributed by atoms with van der Waals surface area (Å²) in [6.07, 6.45) is 2.39. The second-order valence-electron chi connectivity index (χ2n) is 4.16. The van der Waals surface area contributed by atoms with Crippen LogP contribution in [0.2, 0.25) is 0 Å². The molecule has 6 nitrogen and oxygen atoms in total. The zero-order valence-electron chi connectivity index (χ0n) is 10.4. The van der Waals surface area contributed by atoms with Gasteiger partial charge in [0.1, 0.15) is 0 Å². The van der Waals surface area contributed by atoms with Crippen LogP contribution in [0.1, 0.15) is 23.0 Å². The number of rotatable bonds is 5. The van der Waals surface area contributed by atoms with Gasteiger partial charge in [0.2, 0.25) is 0 Å². The molecule has 0 radical (unpaired) electrons. The number of para-hydroxylation sites is 1. The van der Waals surface area contributed by atoms with Gasteiger partial charge in [0.15, 0.2) is 0 Å². The largest absolute Gasteiger partial charge is 0.272 e. The Bertz CT molecular complexity index is 583. The summed E-state index contributed by atoms with van der Waals surface area (Å²) in [6.45, 7) is 2.54. The Morgan fingerprint density at radius 3 is 2.84 bits per heavy atom. The first-order valence-electron chi connectivity index (χ1n) is 5.84. The van der Waals surface area contributed by atoms with E-state index in [2.05, 4.69) is 26.2 Å². The first-order valence-corrected chi connectivity index (χ1v) is 6.76. The Morgan fingerprint density at radius 2 is 2.21 bits per heavy atom. The van der Waals surface area contributed by atoms with Crippen LogP contribution < -0.4 is 0 Å². The van der Waals surface area contributed by atoms with Crippen LogP contribution in [0.3, 0.4) is 0 Å². The lowest BCUT2D eigenvalue weighted by Crippen LogP contribution is -2.04. The van der Waals surface area contributed by atoms with Crippen LogP contribution in [0.5, 0.6) is 0 Å². The highest BCUT2D eigenvalue weighted by atomic mass is 79.9. The van der Waals surface area contributed by atoms with Gasteiger partial charge in [-0.15, -0.1) is 5.10 Å². The fraction of sp³-hybridized carbons (Fsp3) is 0.333. The Hall–Kier alpha value is -1.76. The first kappa shape index (κ1) is 13.7. The Labute approximate surface area is 118 Å². The first-order chi connectivity index (χ1) is 9.08. The Balaban J connectivity index is 2.08. The maximum Gasteiger partial charge on any atom is 0.272 e. The molecule has 0 fully saturated rings.